The molecule has 1 aliphatic carbocycles. The maximum Gasteiger partial charge on any atom is 0.191 e. The van der Waals surface area contributed by atoms with E-state index in [0.717, 1.165) is 18.4 Å². The second kappa shape index (κ2) is 11.1. The van der Waals surface area contributed by atoms with Crippen LogP contribution in [0.15, 0.2) is 64.5 Å². The van der Waals surface area contributed by atoms with Crippen LogP contribution in [-0.2, 0) is 15.3 Å². The summed E-state index contributed by atoms with van der Waals surface area (Å²) in [4.78, 5) is 4.98. The zero-order valence-electron chi connectivity index (χ0n) is 17.1. The molecule has 0 amide bonds. The molecule has 3 rings (SSSR count). The molecule has 30 heavy (non-hydrogen) atoms. The van der Waals surface area contributed by atoms with Crippen molar-refractivity contribution >= 4 is 39.8 Å². The summed E-state index contributed by atoms with van der Waals surface area (Å²) in [6, 6.07) is 15.4. The molecule has 1 saturated carbocycles. The lowest BCUT2D eigenvalue weighted by Crippen LogP contribution is -2.38. The second-order valence-corrected chi connectivity index (χ2v) is 9.48. The Hall–Kier alpha value is -1.68. The molecule has 164 valence electrons. The molecule has 2 N–H and O–H groups in total. The fourth-order valence-corrected chi connectivity index (χ4v) is 4.67. The Morgan fingerprint density at radius 2 is 1.73 bits per heavy atom. The van der Waals surface area contributed by atoms with Gasteiger partial charge in [-0.1, -0.05) is 36.4 Å². The smallest absolute Gasteiger partial charge is 0.191 e. The summed E-state index contributed by atoms with van der Waals surface area (Å²) >= 11 is 0. The van der Waals surface area contributed by atoms with Gasteiger partial charge in [-0.3, -0.25) is 4.99 Å². The first kappa shape index (κ1) is 24.6. The van der Waals surface area contributed by atoms with Crippen LogP contribution in [-0.4, -0.2) is 39.8 Å². The van der Waals surface area contributed by atoms with Crippen LogP contribution in [0.2, 0.25) is 0 Å². The third kappa shape index (κ3) is 6.41. The quantitative estimate of drug-likeness (QED) is 0.217. The maximum atomic E-state index is 14.2. The largest absolute Gasteiger partial charge is 0.357 e. The molecule has 0 bridgehead atoms. The number of aliphatic imine (C=N–C) groups is 1. The van der Waals surface area contributed by atoms with Crippen LogP contribution in [0.4, 0.5) is 4.39 Å². The Morgan fingerprint density at radius 3 is 2.37 bits per heavy atom. The van der Waals surface area contributed by atoms with Crippen LogP contribution in [0.5, 0.6) is 0 Å². The first-order valence-corrected chi connectivity index (χ1v) is 11.7. The normalized spacial score (nSPS) is 15.2. The summed E-state index contributed by atoms with van der Waals surface area (Å²) in [5, 5.41) is 6.37. The van der Waals surface area contributed by atoms with Gasteiger partial charge in [0.25, 0.3) is 0 Å². The summed E-state index contributed by atoms with van der Waals surface area (Å²) in [5.74, 6) is 0.527. The van der Waals surface area contributed by atoms with Crippen molar-refractivity contribution in [1.29, 1.82) is 0 Å². The number of hydrogen-bond donors (Lipinski definition) is 2. The number of rotatable bonds is 9. The predicted octanol–water partition coefficient (Wildman–Crippen LogP) is 3.89. The van der Waals surface area contributed by atoms with Crippen molar-refractivity contribution < 1.29 is 12.8 Å². The Balaban J connectivity index is 0.00000320. The van der Waals surface area contributed by atoms with E-state index in [4.69, 9.17) is 0 Å². The third-order valence-corrected chi connectivity index (χ3v) is 6.98. The molecule has 2 aromatic rings. The van der Waals surface area contributed by atoms with E-state index in [1.807, 2.05) is 19.1 Å². The fraction of sp³-hybridized carbons (Fsp3) is 0.409. The lowest BCUT2D eigenvalue weighted by molar-refractivity contribution is 0.572. The average Bonchev–Trinajstić information content (AvgIpc) is 3.51. The molecule has 5 nitrogen and oxygen atoms in total. The zero-order chi connectivity index (χ0) is 20.7. The molecule has 1 aliphatic rings. The van der Waals surface area contributed by atoms with Gasteiger partial charge < -0.3 is 10.6 Å². The topological polar surface area (TPSA) is 70.6 Å². The number of guanidine groups is 1. The molecule has 0 radical (unpaired) electrons. The number of nitrogens with one attached hydrogen (secondary N) is 2. The number of halogens is 2. The molecular formula is C22H29FIN3O2S. The number of benzene rings is 2. The Kier molecular flexibility index (Phi) is 9.09. The Labute approximate surface area is 195 Å². The molecule has 8 heteroatoms. The van der Waals surface area contributed by atoms with Crippen molar-refractivity contribution in [3.8, 4) is 0 Å². The third-order valence-electron chi connectivity index (χ3n) is 5.17. The molecule has 0 heterocycles. The van der Waals surface area contributed by atoms with Gasteiger partial charge in [0.15, 0.2) is 15.8 Å². The van der Waals surface area contributed by atoms with Crippen LogP contribution in [0.1, 0.15) is 31.7 Å². The van der Waals surface area contributed by atoms with Gasteiger partial charge in [-0.05, 0) is 49.9 Å². The summed E-state index contributed by atoms with van der Waals surface area (Å²) in [6.07, 6.45) is 2.32. The molecule has 0 unspecified atom stereocenters. The molecule has 0 aliphatic heterocycles. The van der Waals surface area contributed by atoms with E-state index in [-0.39, 0.29) is 41.0 Å². The lowest BCUT2D eigenvalue weighted by atomic mass is 9.95. The van der Waals surface area contributed by atoms with Gasteiger partial charge in [0, 0.05) is 18.5 Å². The minimum Gasteiger partial charge on any atom is -0.357 e. The van der Waals surface area contributed by atoms with Crippen molar-refractivity contribution in [2.75, 3.05) is 25.4 Å². The Morgan fingerprint density at radius 1 is 1.07 bits per heavy atom. The van der Waals surface area contributed by atoms with Gasteiger partial charge in [-0.2, -0.15) is 0 Å². The van der Waals surface area contributed by atoms with E-state index in [9.17, 15) is 12.8 Å². The van der Waals surface area contributed by atoms with E-state index in [1.54, 1.807) is 36.4 Å². The zero-order valence-corrected chi connectivity index (χ0v) is 20.3. The monoisotopic (exact) mass is 545 g/mol. The fourth-order valence-electron chi connectivity index (χ4n) is 3.34. The highest BCUT2D eigenvalue weighted by Crippen LogP contribution is 2.49. The molecule has 0 saturated heterocycles. The number of sulfone groups is 1. The highest BCUT2D eigenvalue weighted by Gasteiger charge is 2.45. The molecule has 0 aromatic heterocycles. The van der Waals surface area contributed by atoms with Crippen LogP contribution in [0, 0.1) is 5.82 Å². The van der Waals surface area contributed by atoms with E-state index >= 15 is 0 Å². The van der Waals surface area contributed by atoms with Gasteiger partial charge in [0.1, 0.15) is 5.82 Å². The van der Waals surface area contributed by atoms with Crippen molar-refractivity contribution in [1.82, 2.24) is 10.6 Å². The van der Waals surface area contributed by atoms with Gasteiger partial charge in [0.2, 0.25) is 0 Å². The molecule has 0 atom stereocenters. The van der Waals surface area contributed by atoms with E-state index in [2.05, 4.69) is 15.6 Å². The van der Waals surface area contributed by atoms with E-state index < -0.39 is 9.84 Å². The SMILES string of the molecule is CCNC(=NCC1(c2ccccc2F)CC1)NCCCS(=O)(=O)c1ccccc1.I. The minimum absolute atomic E-state index is 0. The maximum absolute atomic E-state index is 14.2. The molecular weight excluding hydrogens is 516 g/mol. The first-order valence-electron chi connectivity index (χ1n) is 10.0. The number of nitrogens with zero attached hydrogens (tertiary/aromatic N) is 1. The molecule has 0 spiro atoms. The van der Waals surface area contributed by atoms with E-state index in [0.29, 0.717) is 36.9 Å². The minimum atomic E-state index is -3.28. The van der Waals surface area contributed by atoms with Crippen molar-refractivity contribution in [2.24, 2.45) is 4.99 Å². The summed E-state index contributed by atoms with van der Waals surface area (Å²) < 4.78 is 38.9. The van der Waals surface area contributed by atoms with Crippen LogP contribution in [0.25, 0.3) is 0 Å². The Bertz CT molecular complexity index is 948. The molecule has 1 fully saturated rings. The van der Waals surface area contributed by atoms with Gasteiger partial charge in [-0.15, -0.1) is 24.0 Å². The van der Waals surface area contributed by atoms with Crippen LogP contribution >= 0.6 is 24.0 Å². The average molecular weight is 545 g/mol. The standard InChI is InChI=1S/C22H28FN3O2S.HI/c1-2-24-21(25-15-8-16-29(27,28)18-9-4-3-5-10-18)26-17-22(13-14-22)19-11-6-7-12-20(19)23;/h3-7,9-12H,2,8,13-17H2,1H3,(H2,24,25,26);1H. The van der Waals surface area contributed by atoms with Crippen molar-refractivity contribution in [2.45, 2.75) is 36.5 Å². The van der Waals surface area contributed by atoms with E-state index in [1.165, 1.54) is 6.07 Å². The second-order valence-electron chi connectivity index (χ2n) is 7.37. The summed E-state index contributed by atoms with van der Waals surface area (Å²) in [6.45, 7) is 3.66. The summed E-state index contributed by atoms with van der Waals surface area (Å²) in [5.41, 5.74) is 0.512. The van der Waals surface area contributed by atoms with Gasteiger partial charge >= 0.3 is 0 Å². The lowest BCUT2D eigenvalue weighted by Gasteiger charge is -2.16. The highest BCUT2D eigenvalue weighted by molar-refractivity contribution is 14.0. The van der Waals surface area contributed by atoms with Crippen LogP contribution < -0.4 is 10.6 Å². The van der Waals surface area contributed by atoms with Gasteiger partial charge in [0.05, 0.1) is 17.2 Å². The highest BCUT2D eigenvalue weighted by atomic mass is 127. The van der Waals surface area contributed by atoms with Crippen LogP contribution in [0.3, 0.4) is 0 Å². The van der Waals surface area contributed by atoms with Crippen molar-refractivity contribution in [3.63, 3.8) is 0 Å². The van der Waals surface area contributed by atoms with Gasteiger partial charge in [-0.25, -0.2) is 12.8 Å². The number of hydrogen-bond acceptors (Lipinski definition) is 3. The molecule has 2 aromatic carbocycles. The van der Waals surface area contributed by atoms with Crippen molar-refractivity contribution in [3.05, 3.63) is 66.0 Å². The first-order chi connectivity index (χ1) is 14.0. The predicted molar refractivity (Wildman–Crippen MR) is 130 cm³/mol. The summed E-state index contributed by atoms with van der Waals surface area (Å²) in [7, 11) is -3.28.